The molecule has 0 aromatic heterocycles. The van der Waals surface area contributed by atoms with E-state index in [9.17, 15) is 4.79 Å². The van der Waals surface area contributed by atoms with Crippen LogP contribution in [0.4, 0.5) is 0 Å². The lowest BCUT2D eigenvalue weighted by atomic mass is 9.90. The summed E-state index contributed by atoms with van der Waals surface area (Å²) in [6.45, 7) is 0. The van der Waals surface area contributed by atoms with Gasteiger partial charge < -0.3 is 11.5 Å². The molecule has 0 saturated heterocycles. The highest BCUT2D eigenvalue weighted by Crippen LogP contribution is 2.50. The number of carbonyl (C=O) groups excluding carboxylic acids is 1. The summed E-state index contributed by atoms with van der Waals surface area (Å²) < 4.78 is 0. The first-order chi connectivity index (χ1) is 5.70. The summed E-state index contributed by atoms with van der Waals surface area (Å²) in [6, 6.07) is -0.384. The zero-order valence-corrected chi connectivity index (χ0v) is 7.20. The predicted octanol–water partition coefficient (Wildman–Crippen LogP) is 0.235. The Morgan fingerprint density at radius 2 is 1.58 bits per heavy atom. The quantitative estimate of drug-likeness (QED) is 0.631. The van der Waals surface area contributed by atoms with Gasteiger partial charge in [-0.15, -0.1) is 0 Å². The number of hydrogen-bond acceptors (Lipinski definition) is 2. The van der Waals surface area contributed by atoms with E-state index in [2.05, 4.69) is 0 Å². The van der Waals surface area contributed by atoms with Gasteiger partial charge in [-0.05, 0) is 43.4 Å². The Hall–Kier alpha value is -0.570. The van der Waals surface area contributed by atoms with E-state index in [1.165, 1.54) is 25.7 Å². The van der Waals surface area contributed by atoms with Gasteiger partial charge in [0.15, 0.2) is 0 Å². The molecular weight excluding hydrogens is 152 g/mol. The summed E-state index contributed by atoms with van der Waals surface area (Å²) >= 11 is 0. The molecule has 0 bridgehead atoms. The number of amides is 1. The fourth-order valence-corrected chi connectivity index (χ4v) is 2.12. The minimum atomic E-state index is -0.384. The largest absolute Gasteiger partial charge is 0.368 e. The Labute approximate surface area is 72.5 Å². The third kappa shape index (κ3) is 1.46. The van der Waals surface area contributed by atoms with Gasteiger partial charge in [-0.3, -0.25) is 4.79 Å². The molecular formula is C9H16N2O. The van der Waals surface area contributed by atoms with E-state index in [4.69, 9.17) is 11.5 Å². The van der Waals surface area contributed by atoms with Crippen LogP contribution < -0.4 is 11.5 Å². The lowest BCUT2D eigenvalue weighted by Crippen LogP contribution is -2.44. The monoisotopic (exact) mass is 168 g/mol. The van der Waals surface area contributed by atoms with Crippen molar-refractivity contribution in [1.82, 2.24) is 0 Å². The molecule has 0 radical (unpaired) electrons. The first kappa shape index (κ1) is 8.05. The van der Waals surface area contributed by atoms with E-state index in [1.807, 2.05) is 0 Å². The Balaban J connectivity index is 1.99. The molecule has 0 aromatic carbocycles. The Morgan fingerprint density at radius 3 is 1.83 bits per heavy atom. The molecule has 68 valence electrons. The van der Waals surface area contributed by atoms with Crippen LogP contribution >= 0.6 is 0 Å². The highest BCUT2D eigenvalue weighted by atomic mass is 16.1. The minimum absolute atomic E-state index is 0.321. The lowest BCUT2D eigenvalue weighted by Gasteiger charge is -2.20. The van der Waals surface area contributed by atoms with Crippen LogP contribution in [0.2, 0.25) is 0 Å². The molecule has 2 saturated carbocycles. The van der Waals surface area contributed by atoms with E-state index >= 15 is 0 Å². The topological polar surface area (TPSA) is 69.1 Å². The van der Waals surface area contributed by atoms with Crippen molar-refractivity contribution >= 4 is 5.91 Å². The Bertz CT molecular complexity index is 185. The first-order valence-electron chi connectivity index (χ1n) is 4.75. The first-order valence-corrected chi connectivity index (χ1v) is 4.75. The van der Waals surface area contributed by atoms with Crippen LogP contribution in [0.3, 0.4) is 0 Å². The molecule has 3 heteroatoms. The third-order valence-corrected chi connectivity index (χ3v) is 3.08. The summed E-state index contributed by atoms with van der Waals surface area (Å²) in [4.78, 5) is 10.9. The molecule has 0 aliphatic heterocycles. The molecule has 1 amide bonds. The molecule has 0 spiro atoms. The van der Waals surface area contributed by atoms with Crippen LogP contribution in [0, 0.1) is 17.8 Å². The average molecular weight is 168 g/mol. The smallest absolute Gasteiger partial charge is 0.234 e. The van der Waals surface area contributed by atoms with E-state index in [-0.39, 0.29) is 11.9 Å². The zero-order valence-electron chi connectivity index (χ0n) is 7.20. The fourth-order valence-electron chi connectivity index (χ4n) is 2.12. The molecule has 1 atom stereocenters. The van der Waals surface area contributed by atoms with Crippen LogP contribution in [0.25, 0.3) is 0 Å². The van der Waals surface area contributed by atoms with E-state index in [0.717, 1.165) is 0 Å². The van der Waals surface area contributed by atoms with Crippen molar-refractivity contribution in [1.29, 1.82) is 0 Å². The SMILES string of the molecule is NC(=O)[C@@H](N)C(C1CC1)C1CC1. The maximum Gasteiger partial charge on any atom is 0.234 e. The highest BCUT2D eigenvalue weighted by molar-refractivity contribution is 5.80. The van der Waals surface area contributed by atoms with Crippen LogP contribution in [0.1, 0.15) is 25.7 Å². The summed E-state index contributed by atoms with van der Waals surface area (Å²) in [7, 11) is 0. The number of primary amides is 1. The van der Waals surface area contributed by atoms with Crippen LogP contribution in [0.5, 0.6) is 0 Å². The summed E-state index contributed by atoms with van der Waals surface area (Å²) in [5.41, 5.74) is 11.0. The summed E-state index contributed by atoms with van der Waals surface area (Å²) in [6.07, 6.45) is 5.01. The molecule has 4 N–H and O–H groups in total. The van der Waals surface area contributed by atoms with Crippen LogP contribution in [0.15, 0.2) is 0 Å². The van der Waals surface area contributed by atoms with Crippen LogP contribution in [-0.2, 0) is 4.79 Å². The van der Waals surface area contributed by atoms with Crippen molar-refractivity contribution in [3.05, 3.63) is 0 Å². The van der Waals surface area contributed by atoms with Gasteiger partial charge >= 0.3 is 0 Å². The van der Waals surface area contributed by atoms with Crippen molar-refractivity contribution < 1.29 is 4.79 Å². The second-order valence-electron chi connectivity index (χ2n) is 4.18. The predicted molar refractivity (Wildman–Crippen MR) is 46.1 cm³/mol. The Morgan fingerprint density at radius 1 is 1.17 bits per heavy atom. The third-order valence-electron chi connectivity index (χ3n) is 3.08. The highest BCUT2D eigenvalue weighted by Gasteiger charge is 2.45. The van der Waals surface area contributed by atoms with Gasteiger partial charge in [0.05, 0.1) is 6.04 Å². The van der Waals surface area contributed by atoms with Crippen molar-refractivity contribution in [2.45, 2.75) is 31.7 Å². The average Bonchev–Trinajstić information content (AvgIpc) is 2.81. The number of hydrogen-bond donors (Lipinski definition) is 2. The molecule has 0 unspecified atom stereocenters. The molecule has 2 aliphatic rings. The summed E-state index contributed by atoms with van der Waals surface area (Å²) in [5.74, 6) is 1.50. The number of nitrogens with two attached hydrogens (primary N) is 2. The molecule has 2 fully saturated rings. The van der Waals surface area contributed by atoms with E-state index in [0.29, 0.717) is 17.8 Å². The van der Waals surface area contributed by atoms with Crippen molar-refractivity contribution in [2.75, 3.05) is 0 Å². The van der Waals surface area contributed by atoms with Gasteiger partial charge in [0.2, 0.25) is 5.91 Å². The van der Waals surface area contributed by atoms with Gasteiger partial charge in [-0.2, -0.15) is 0 Å². The van der Waals surface area contributed by atoms with Crippen LogP contribution in [-0.4, -0.2) is 11.9 Å². The number of carbonyl (C=O) groups is 1. The maximum atomic E-state index is 10.9. The lowest BCUT2D eigenvalue weighted by molar-refractivity contribution is -0.120. The molecule has 0 heterocycles. The maximum absolute atomic E-state index is 10.9. The zero-order chi connectivity index (χ0) is 8.72. The number of rotatable bonds is 4. The van der Waals surface area contributed by atoms with Gasteiger partial charge in [0.25, 0.3) is 0 Å². The van der Waals surface area contributed by atoms with Gasteiger partial charge in [0.1, 0.15) is 0 Å². The second-order valence-corrected chi connectivity index (χ2v) is 4.18. The fraction of sp³-hybridized carbons (Fsp3) is 0.889. The normalized spacial score (nSPS) is 25.8. The standard InChI is InChI=1S/C9H16N2O/c10-8(9(11)12)7(5-1-2-5)6-3-4-6/h5-8H,1-4,10H2,(H2,11,12)/t8-/m0/s1. The van der Waals surface area contributed by atoms with Gasteiger partial charge in [-0.25, -0.2) is 0 Å². The molecule has 2 rings (SSSR count). The molecule has 0 aromatic rings. The molecule has 2 aliphatic carbocycles. The molecule has 12 heavy (non-hydrogen) atoms. The van der Waals surface area contributed by atoms with Crippen molar-refractivity contribution in [3.63, 3.8) is 0 Å². The van der Waals surface area contributed by atoms with Crippen molar-refractivity contribution in [3.8, 4) is 0 Å². The second kappa shape index (κ2) is 2.73. The minimum Gasteiger partial charge on any atom is -0.368 e. The van der Waals surface area contributed by atoms with Gasteiger partial charge in [-0.1, -0.05) is 0 Å². The summed E-state index contributed by atoms with van der Waals surface area (Å²) in [5, 5.41) is 0. The molecule has 3 nitrogen and oxygen atoms in total. The van der Waals surface area contributed by atoms with E-state index < -0.39 is 0 Å². The van der Waals surface area contributed by atoms with E-state index in [1.54, 1.807) is 0 Å². The Kier molecular flexibility index (Phi) is 1.83. The van der Waals surface area contributed by atoms with Crippen molar-refractivity contribution in [2.24, 2.45) is 29.2 Å². The van der Waals surface area contributed by atoms with Gasteiger partial charge in [0, 0.05) is 0 Å².